The number of rotatable bonds is 6. The van der Waals surface area contributed by atoms with E-state index in [4.69, 9.17) is 0 Å². The highest BCUT2D eigenvalue weighted by Gasteiger charge is 2.10. The molecule has 0 spiro atoms. The van der Waals surface area contributed by atoms with Gasteiger partial charge in [-0.1, -0.05) is 6.07 Å². The van der Waals surface area contributed by atoms with Crippen LogP contribution in [0.5, 0.6) is 0 Å². The molecule has 146 valence electrons. The molecule has 0 unspecified atom stereocenters. The van der Waals surface area contributed by atoms with Gasteiger partial charge in [-0.15, -0.1) is 0 Å². The molecule has 0 radical (unpaired) electrons. The van der Waals surface area contributed by atoms with E-state index in [0.29, 0.717) is 22.6 Å². The van der Waals surface area contributed by atoms with Gasteiger partial charge in [0.15, 0.2) is 5.78 Å². The number of hydrogen-bond donors (Lipinski definition) is 3. The van der Waals surface area contributed by atoms with Gasteiger partial charge in [-0.05, 0) is 55.5 Å². The maximum absolute atomic E-state index is 12.5. The van der Waals surface area contributed by atoms with E-state index in [1.807, 2.05) is 0 Å². The fourth-order valence-corrected chi connectivity index (χ4v) is 2.54. The Labute approximate surface area is 167 Å². The first-order valence-electron chi connectivity index (χ1n) is 8.81. The highest BCUT2D eigenvalue weighted by molar-refractivity contribution is 6.03. The number of nitrogens with one attached hydrogen (secondary N) is 3. The first-order chi connectivity index (χ1) is 13.9. The zero-order valence-electron chi connectivity index (χ0n) is 15.9. The monoisotopic (exact) mass is 389 g/mol. The number of nitrogens with zero attached hydrogens (tertiary/aromatic N) is 2. The Morgan fingerprint density at radius 1 is 0.828 bits per heavy atom. The van der Waals surface area contributed by atoms with Crippen molar-refractivity contribution in [1.29, 1.82) is 0 Å². The second-order valence-corrected chi connectivity index (χ2v) is 6.24. The van der Waals surface area contributed by atoms with Crippen LogP contribution in [0.25, 0.3) is 0 Å². The predicted molar refractivity (Wildman–Crippen MR) is 110 cm³/mol. The Bertz CT molecular complexity index is 1060. The average molecular weight is 389 g/mol. The van der Waals surface area contributed by atoms with Gasteiger partial charge < -0.3 is 16.0 Å². The van der Waals surface area contributed by atoms with E-state index < -0.39 is 5.91 Å². The zero-order valence-corrected chi connectivity index (χ0v) is 15.9. The lowest BCUT2D eigenvalue weighted by molar-refractivity contribution is -0.114. The lowest BCUT2D eigenvalue weighted by Crippen LogP contribution is -2.15. The van der Waals surface area contributed by atoms with Gasteiger partial charge in [-0.2, -0.15) is 0 Å². The second-order valence-electron chi connectivity index (χ2n) is 6.24. The molecular weight excluding hydrogens is 370 g/mol. The molecule has 0 saturated carbocycles. The largest absolute Gasteiger partial charge is 0.326 e. The molecule has 0 atom stereocenters. The molecule has 1 aromatic heterocycles. The molecule has 29 heavy (non-hydrogen) atoms. The highest BCUT2D eigenvalue weighted by Crippen LogP contribution is 2.17. The van der Waals surface area contributed by atoms with Crippen molar-refractivity contribution < 1.29 is 14.4 Å². The number of aromatic nitrogens is 2. The van der Waals surface area contributed by atoms with E-state index in [2.05, 4.69) is 25.9 Å². The summed E-state index contributed by atoms with van der Waals surface area (Å²) in [5.41, 5.74) is 2.57. The Morgan fingerprint density at radius 2 is 1.52 bits per heavy atom. The van der Waals surface area contributed by atoms with Gasteiger partial charge in [0.25, 0.3) is 5.91 Å². The van der Waals surface area contributed by atoms with Gasteiger partial charge in [0.05, 0.1) is 0 Å². The standard InChI is InChI=1S/C21H19N5O3/c1-13(27)15-6-8-16(9-7-15)25-21-22-11-10-19(26-21)20(29)24-18-5-3-4-17(12-18)23-14(2)28/h3-12H,1-2H3,(H,23,28)(H,24,29)(H,22,25,26). The number of benzene rings is 2. The van der Waals surface area contributed by atoms with Crippen molar-refractivity contribution >= 4 is 40.6 Å². The minimum atomic E-state index is -0.414. The number of carbonyl (C=O) groups excluding carboxylic acids is 3. The van der Waals surface area contributed by atoms with Crippen LogP contribution in [0.2, 0.25) is 0 Å². The van der Waals surface area contributed by atoms with E-state index in [1.165, 1.54) is 26.1 Å². The number of ketones is 1. The first kappa shape index (κ1) is 19.7. The van der Waals surface area contributed by atoms with E-state index in [0.717, 1.165) is 0 Å². The molecule has 2 aromatic carbocycles. The van der Waals surface area contributed by atoms with Crippen molar-refractivity contribution in [3.8, 4) is 0 Å². The Hall–Kier alpha value is -4.07. The third-order valence-electron chi connectivity index (χ3n) is 3.88. The zero-order chi connectivity index (χ0) is 20.8. The van der Waals surface area contributed by atoms with Gasteiger partial charge in [-0.3, -0.25) is 14.4 Å². The van der Waals surface area contributed by atoms with Crippen molar-refractivity contribution in [3.63, 3.8) is 0 Å². The summed E-state index contributed by atoms with van der Waals surface area (Å²) in [6.45, 7) is 2.91. The summed E-state index contributed by atoms with van der Waals surface area (Å²) in [5, 5.41) is 8.39. The van der Waals surface area contributed by atoms with Crippen LogP contribution in [0.15, 0.2) is 60.8 Å². The number of amides is 2. The highest BCUT2D eigenvalue weighted by atomic mass is 16.2. The predicted octanol–water partition coefficient (Wildman–Crippen LogP) is 3.63. The maximum Gasteiger partial charge on any atom is 0.274 e. The first-order valence-corrected chi connectivity index (χ1v) is 8.81. The number of anilines is 4. The third-order valence-corrected chi connectivity index (χ3v) is 3.88. The molecule has 2 amide bonds. The molecular formula is C21H19N5O3. The summed E-state index contributed by atoms with van der Waals surface area (Å²) in [5.74, 6) is -0.382. The van der Waals surface area contributed by atoms with Gasteiger partial charge in [0.2, 0.25) is 11.9 Å². The third kappa shape index (κ3) is 5.46. The Kier molecular flexibility index (Phi) is 5.94. The lowest BCUT2D eigenvalue weighted by Gasteiger charge is -2.09. The summed E-state index contributed by atoms with van der Waals surface area (Å²) in [6.07, 6.45) is 1.47. The molecule has 1 heterocycles. The van der Waals surface area contributed by atoms with Crippen LogP contribution >= 0.6 is 0 Å². The van der Waals surface area contributed by atoms with E-state index in [9.17, 15) is 14.4 Å². The fraction of sp³-hybridized carbons (Fsp3) is 0.0952. The van der Waals surface area contributed by atoms with Crippen molar-refractivity contribution in [2.75, 3.05) is 16.0 Å². The molecule has 3 N–H and O–H groups in total. The van der Waals surface area contributed by atoms with Crippen LogP contribution in [0.1, 0.15) is 34.7 Å². The molecule has 8 nitrogen and oxygen atoms in total. The molecule has 0 fully saturated rings. The summed E-state index contributed by atoms with van der Waals surface area (Å²) in [6, 6.07) is 15.2. The van der Waals surface area contributed by atoms with Crippen LogP contribution in [0.4, 0.5) is 23.0 Å². The molecule has 3 aromatic rings. The molecule has 8 heteroatoms. The maximum atomic E-state index is 12.5. The number of carbonyl (C=O) groups is 3. The Morgan fingerprint density at radius 3 is 2.17 bits per heavy atom. The molecule has 0 saturated heterocycles. The fourth-order valence-electron chi connectivity index (χ4n) is 2.54. The average Bonchev–Trinajstić information content (AvgIpc) is 2.68. The summed E-state index contributed by atoms with van der Waals surface area (Å²) < 4.78 is 0. The number of Topliss-reactive ketones (excluding diaryl/α,β-unsaturated/α-hetero) is 1. The van der Waals surface area contributed by atoms with Crippen molar-refractivity contribution in [2.45, 2.75) is 13.8 Å². The van der Waals surface area contributed by atoms with Gasteiger partial charge in [0, 0.05) is 35.7 Å². The minimum absolute atomic E-state index is 0.0194. The van der Waals surface area contributed by atoms with Gasteiger partial charge >= 0.3 is 0 Å². The van der Waals surface area contributed by atoms with E-state index in [1.54, 1.807) is 48.5 Å². The smallest absolute Gasteiger partial charge is 0.274 e. The van der Waals surface area contributed by atoms with Crippen molar-refractivity contribution in [3.05, 3.63) is 72.1 Å². The van der Waals surface area contributed by atoms with Crippen LogP contribution in [-0.2, 0) is 4.79 Å². The van der Waals surface area contributed by atoms with Crippen LogP contribution in [0, 0.1) is 0 Å². The summed E-state index contributed by atoms with van der Waals surface area (Å²) >= 11 is 0. The van der Waals surface area contributed by atoms with E-state index >= 15 is 0 Å². The van der Waals surface area contributed by atoms with E-state index in [-0.39, 0.29) is 23.3 Å². The summed E-state index contributed by atoms with van der Waals surface area (Å²) in [4.78, 5) is 43.4. The van der Waals surface area contributed by atoms with Crippen LogP contribution in [0.3, 0.4) is 0 Å². The van der Waals surface area contributed by atoms with Gasteiger partial charge in [0.1, 0.15) is 5.69 Å². The van der Waals surface area contributed by atoms with Crippen molar-refractivity contribution in [1.82, 2.24) is 9.97 Å². The second kappa shape index (κ2) is 8.75. The topological polar surface area (TPSA) is 113 Å². The summed E-state index contributed by atoms with van der Waals surface area (Å²) in [7, 11) is 0. The van der Waals surface area contributed by atoms with Crippen LogP contribution in [-0.4, -0.2) is 27.6 Å². The quantitative estimate of drug-likeness (QED) is 0.555. The van der Waals surface area contributed by atoms with Crippen molar-refractivity contribution in [2.24, 2.45) is 0 Å². The lowest BCUT2D eigenvalue weighted by atomic mass is 10.1. The SMILES string of the molecule is CC(=O)Nc1cccc(NC(=O)c2ccnc(Nc3ccc(C(C)=O)cc3)n2)c1. The molecule has 0 aliphatic carbocycles. The normalized spacial score (nSPS) is 10.1. The molecule has 0 bridgehead atoms. The number of hydrogen-bond acceptors (Lipinski definition) is 6. The molecule has 3 rings (SSSR count). The van der Waals surface area contributed by atoms with Crippen LogP contribution < -0.4 is 16.0 Å². The Balaban J connectivity index is 1.71. The van der Waals surface area contributed by atoms with Gasteiger partial charge in [-0.25, -0.2) is 9.97 Å². The molecule has 0 aliphatic heterocycles. The minimum Gasteiger partial charge on any atom is -0.326 e. The molecule has 0 aliphatic rings.